The summed E-state index contributed by atoms with van der Waals surface area (Å²) in [5.41, 5.74) is 0. The van der Waals surface area contributed by atoms with E-state index in [2.05, 4.69) is 11.8 Å². The summed E-state index contributed by atoms with van der Waals surface area (Å²) >= 11 is 0. The Morgan fingerprint density at radius 1 is 1.15 bits per heavy atom. The first-order valence-electron chi connectivity index (χ1n) is 4.93. The van der Waals surface area contributed by atoms with Crippen LogP contribution in [0.3, 0.4) is 0 Å². The first kappa shape index (κ1) is 12.5. The zero-order valence-electron chi connectivity index (χ0n) is 8.75. The van der Waals surface area contributed by atoms with E-state index in [0.717, 1.165) is 12.8 Å². The van der Waals surface area contributed by atoms with Crippen molar-refractivity contribution in [3.63, 3.8) is 0 Å². The van der Waals surface area contributed by atoms with Gasteiger partial charge in [-0.2, -0.15) is 0 Å². The molecule has 76 valence electrons. The van der Waals surface area contributed by atoms with Crippen molar-refractivity contribution in [2.45, 2.75) is 52.2 Å². The molecule has 2 heteroatoms. The molecular formula is C11H20O2. The number of hydrogen-bond acceptors (Lipinski definition) is 2. The van der Waals surface area contributed by atoms with Crippen LogP contribution in [-0.2, 0) is 0 Å². The minimum Gasteiger partial charge on any atom is -0.390 e. The topological polar surface area (TPSA) is 40.5 Å². The lowest BCUT2D eigenvalue weighted by atomic mass is 9.92. The molecule has 0 aliphatic rings. The van der Waals surface area contributed by atoms with Crippen molar-refractivity contribution in [2.24, 2.45) is 5.92 Å². The molecule has 2 unspecified atom stereocenters. The van der Waals surface area contributed by atoms with Gasteiger partial charge in [-0.1, -0.05) is 26.7 Å². The van der Waals surface area contributed by atoms with E-state index in [1.807, 2.05) is 13.8 Å². The fourth-order valence-electron chi connectivity index (χ4n) is 1.41. The summed E-state index contributed by atoms with van der Waals surface area (Å²) in [6.07, 6.45) is 0.838. The molecule has 0 aromatic carbocycles. The highest BCUT2D eigenvalue weighted by Crippen LogP contribution is 2.17. The van der Waals surface area contributed by atoms with Crippen LogP contribution in [0, 0.1) is 17.8 Å². The third-order valence-corrected chi connectivity index (χ3v) is 2.41. The van der Waals surface area contributed by atoms with Crippen LogP contribution in [0.5, 0.6) is 0 Å². The first-order chi connectivity index (χ1) is 6.17. The molecule has 0 aliphatic carbocycles. The summed E-state index contributed by atoms with van der Waals surface area (Å²) < 4.78 is 0. The zero-order chi connectivity index (χ0) is 10.3. The average Bonchev–Trinajstić information content (AvgIpc) is 2.15. The van der Waals surface area contributed by atoms with Crippen LogP contribution in [0.1, 0.15) is 40.0 Å². The van der Waals surface area contributed by atoms with Gasteiger partial charge in [-0.15, -0.1) is 11.8 Å². The van der Waals surface area contributed by atoms with Gasteiger partial charge in [0.05, 0.1) is 12.2 Å². The predicted molar refractivity (Wildman–Crippen MR) is 54.2 cm³/mol. The standard InChI is InChI=1S/C11H20O2/c1-4-7-8-10(12)11(13)9(5-2)6-3/h9-13H,5-6,8H2,1-3H3. The predicted octanol–water partition coefficient (Wildman–Crippen LogP) is 1.56. The van der Waals surface area contributed by atoms with Gasteiger partial charge in [-0.05, 0) is 12.8 Å². The first-order valence-corrected chi connectivity index (χ1v) is 4.93. The molecule has 0 saturated carbocycles. The number of aliphatic hydroxyl groups excluding tert-OH is 2. The fourth-order valence-corrected chi connectivity index (χ4v) is 1.41. The van der Waals surface area contributed by atoms with Crippen LogP contribution in [0.25, 0.3) is 0 Å². The van der Waals surface area contributed by atoms with E-state index < -0.39 is 12.2 Å². The molecule has 0 aromatic rings. The van der Waals surface area contributed by atoms with Crippen LogP contribution >= 0.6 is 0 Å². The van der Waals surface area contributed by atoms with E-state index in [4.69, 9.17) is 0 Å². The van der Waals surface area contributed by atoms with Crippen molar-refractivity contribution >= 4 is 0 Å². The lowest BCUT2D eigenvalue weighted by molar-refractivity contribution is -0.0164. The molecule has 0 rings (SSSR count). The summed E-state index contributed by atoms with van der Waals surface area (Å²) in [7, 11) is 0. The lowest BCUT2D eigenvalue weighted by Crippen LogP contribution is -2.32. The Balaban J connectivity index is 4.03. The van der Waals surface area contributed by atoms with Crippen molar-refractivity contribution in [1.82, 2.24) is 0 Å². The van der Waals surface area contributed by atoms with E-state index >= 15 is 0 Å². The largest absolute Gasteiger partial charge is 0.390 e. The molecule has 13 heavy (non-hydrogen) atoms. The Morgan fingerprint density at radius 2 is 1.69 bits per heavy atom. The smallest absolute Gasteiger partial charge is 0.0910 e. The molecule has 0 saturated heterocycles. The molecule has 2 N–H and O–H groups in total. The second-order valence-electron chi connectivity index (χ2n) is 3.27. The molecular weight excluding hydrogens is 164 g/mol. The normalized spacial score (nSPS) is 14.9. The van der Waals surface area contributed by atoms with Crippen LogP contribution in [0.4, 0.5) is 0 Å². The minimum absolute atomic E-state index is 0.189. The summed E-state index contributed by atoms with van der Waals surface area (Å²) in [4.78, 5) is 0. The zero-order valence-corrected chi connectivity index (χ0v) is 8.75. The van der Waals surface area contributed by atoms with Gasteiger partial charge in [0.1, 0.15) is 0 Å². The van der Waals surface area contributed by atoms with Gasteiger partial charge < -0.3 is 10.2 Å². The Kier molecular flexibility index (Phi) is 6.66. The Labute approximate surface area is 81.0 Å². The van der Waals surface area contributed by atoms with Gasteiger partial charge in [-0.25, -0.2) is 0 Å². The average molecular weight is 184 g/mol. The van der Waals surface area contributed by atoms with Crippen molar-refractivity contribution < 1.29 is 10.2 Å². The highest BCUT2D eigenvalue weighted by atomic mass is 16.3. The molecule has 0 heterocycles. The maximum absolute atomic E-state index is 9.69. The van der Waals surface area contributed by atoms with Crippen LogP contribution in [-0.4, -0.2) is 22.4 Å². The molecule has 0 aliphatic heterocycles. The second kappa shape index (κ2) is 6.94. The van der Waals surface area contributed by atoms with Gasteiger partial charge in [0, 0.05) is 6.42 Å². The molecule has 0 bridgehead atoms. The maximum atomic E-state index is 9.69. The molecule has 0 spiro atoms. The van der Waals surface area contributed by atoms with Gasteiger partial charge in [0.15, 0.2) is 0 Å². The highest BCUT2D eigenvalue weighted by Gasteiger charge is 2.22. The van der Waals surface area contributed by atoms with Crippen molar-refractivity contribution in [3.05, 3.63) is 0 Å². The van der Waals surface area contributed by atoms with E-state index in [0.29, 0.717) is 6.42 Å². The minimum atomic E-state index is -0.697. The summed E-state index contributed by atoms with van der Waals surface area (Å²) in [5.74, 6) is 5.67. The van der Waals surface area contributed by atoms with E-state index in [-0.39, 0.29) is 5.92 Å². The molecule has 2 atom stereocenters. The van der Waals surface area contributed by atoms with Crippen molar-refractivity contribution in [3.8, 4) is 11.8 Å². The van der Waals surface area contributed by atoms with E-state index in [9.17, 15) is 10.2 Å². The SMILES string of the molecule is CC#CCC(O)C(O)C(CC)CC. The quantitative estimate of drug-likeness (QED) is 0.636. The molecule has 0 amide bonds. The Bertz CT molecular complexity index is 174. The molecule has 0 radical (unpaired) electrons. The summed E-state index contributed by atoms with van der Waals surface area (Å²) in [5, 5.41) is 19.2. The van der Waals surface area contributed by atoms with Crippen molar-refractivity contribution in [2.75, 3.05) is 0 Å². The number of hydrogen-bond donors (Lipinski definition) is 2. The lowest BCUT2D eigenvalue weighted by Gasteiger charge is -2.23. The van der Waals surface area contributed by atoms with Gasteiger partial charge in [0.2, 0.25) is 0 Å². The van der Waals surface area contributed by atoms with Crippen LogP contribution in [0.15, 0.2) is 0 Å². The van der Waals surface area contributed by atoms with E-state index in [1.54, 1.807) is 6.92 Å². The molecule has 2 nitrogen and oxygen atoms in total. The van der Waals surface area contributed by atoms with Crippen molar-refractivity contribution in [1.29, 1.82) is 0 Å². The maximum Gasteiger partial charge on any atom is 0.0910 e. The van der Waals surface area contributed by atoms with Gasteiger partial charge in [0.25, 0.3) is 0 Å². The summed E-state index contributed by atoms with van der Waals surface area (Å²) in [6.45, 7) is 5.78. The second-order valence-corrected chi connectivity index (χ2v) is 3.27. The third kappa shape index (κ3) is 4.31. The van der Waals surface area contributed by atoms with E-state index in [1.165, 1.54) is 0 Å². The Hall–Kier alpha value is -0.520. The molecule has 0 fully saturated rings. The van der Waals surface area contributed by atoms with Gasteiger partial charge >= 0.3 is 0 Å². The third-order valence-electron chi connectivity index (χ3n) is 2.41. The highest BCUT2D eigenvalue weighted by molar-refractivity contribution is 4.98. The molecule has 0 aromatic heterocycles. The Morgan fingerprint density at radius 3 is 2.08 bits per heavy atom. The summed E-state index contributed by atoms with van der Waals surface area (Å²) in [6, 6.07) is 0. The van der Waals surface area contributed by atoms with Crippen LogP contribution in [0.2, 0.25) is 0 Å². The van der Waals surface area contributed by atoms with Gasteiger partial charge in [-0.3, -0.25) is 0 Å². The number of aliphatic hydroxyl groups is 2. The fraction of sp³-hybridized carbons (Fsp3) is 0.818. The number of rotatable bonds is 5. The monoisotopic (exact) mass is 184 g/mol. The van der Waals surface area contributed by atoms with Crippen LogP contribution < -0.4 is 0 Å².